The lowest BCUT2D eigenvalue weighted by Crippen LogP contribution is -2.12. The van der Waals surface area contributed by atoms with Gasteiger partial charge in [0.25, 0.3) is 0 Å². The molecule has 0 bridgehead atoms. The van der Waals surface area contributed by atoms with Crippen molar-refractivity contribution >= 4 is 23.2 Å². The van der Waals surface area contributed by atoms with Crippen LogP contribution in [0.25, 0.3) is 11.1 Å². The Balaban J connectivity index is 2.26. The zero-order chi connectivity index (χ0) is 12.1. The number of alkyl halides is 1. The number of nitrogens with one attached hydrogen (secondary N) is 1. The summed E-state index contributed by atoms with van der Waals surface area (Å²) in [5.74, 6) is -0.285. The SMILES string of the molecule is O=C(CCl)Nc1cccc(-c2cncnc2)c1. The molecule has 5 heteroatoms. The third-order valence-electron chi connectivity index (χ3n) is 2.16. The van der Waals surface area contributed by atoms with Gasteiger partial charge in [0.2, 0.25) is 5.91 Å². The van der Waals surface area contributed by atoms with E-state index < -0.39 is 0 Å². The van der Waals surface area contributed by atoms with Gasteiger partial charge in [-0.05, 0) is 17.7 Å². The monoisotopic (exact) mass is 247 g/mol. The fourth-order valence-corrected chi connectivity index (χ4v) is 1.49. The van der Waals surface area contributed by atoms with Crippen molar-refractivity contribution in [2.24, 2.45) is 0 Å². The highest BCUT2D eigenvalue weighted by Crippen LogP contribution is 2.20. The molecule has 86 valence electrons. The first-order valence-corrected chi connectivity index (χ1v) is 5.54. The highest BCUT2D eigenvalue weighted by molar-refractivity contribution is 6.29. The van der Waals surface area contributed by atoms with E-state index in [1.54, 1.807) is 18.5 Å². The Morgan fingerprint density at radius 1 is 1.24 bits per heavy atom. The molecule has 17 heavy (non-hydrogen) atoms. The number of nitrogens with zero attached hydrogens (tertiary/aromatic N) is 2. The van der Waals surface area contributed by atoms with Crippen LogP contribution in [0.3, 0.4) is 0 Å². The average molecular weight is 248 g/mol. The first-order valence-electron chi connectivity index (χ1n) is 5.01. The largest absolute Gasteiger partial charge is 0.325 e. The number of amides is 1. The van der Waals surface area contributed by atoms with E-state index in [0.29, 0.717) is 5.69 Å². The fourth-order valence-electron chi connectivity index (χ4n) is 1.42. The number of hydrogen-bond donors (Lipinski definition) is 1. The van der Waals surface area contributed by atoms with Crippen molar-refractivity contribution < 1.29 is 4.79 Å². The second-order valence-electron chi connectivity index (χ2n) is 3.39. The third kappa shape index (κ3) is 3.01. The molecule has 1 heterocycles. The van der Waals surface area contributed by atoms with E-state index in [0.717, 1.165) is 11.1 Å². The Bertz CT molecular complexity index is 516. The van der Waals surface area contributed by atoms with Crippen molar-refractivity contribution in [3.8, 4) is 11.1 Å². The molecule has 1 amide bonds. The predicted molar refractivity (Wildman–Crippen MR) is 66.8 cm³/mol. The first-order chi connectivity index (χ1) is 8.29. The normalized spacial score (nSPS) is 9.94. The van der Waals surface area contributed by atoms with E-state index in [9.17, 15) is 4.79 Å². The summed E-state index contributed by atoms with van der Waals surface area (Å²) in [6.07, 6.45) is 4.91. The molecular weight excluding hydrogens is 238 g/mol. The maximum Gasteiger partial charge on any atom is 0.239 e. The number of carbonyl (C=O) groups excluding carboxylic acids is 1. The summed E-state index contributed by atoms with van der Waals surface area (Å²) in [4.78, 5) is 19.1. The van der Waals surface area contributed by atoms with E-state index >= 15 is 0 Å². The molecule has 1 aromatic carbocycles. The van der Waals surface area contributed by atoms with Crippen LogP contribution in [0.2, 0.25) is 0 Å². The molecule has 0 unspecified atom stereocenters. The van der Waals surface area contributed by atoms with Crippen molar-refractivity contribution in [1.82, 2.24) is 9.97 Å². The Morgan fingerprint density at radius 2 is 2.00 bits per heavy atom. The number of hydrogen-bond acceptors (Lipinski definition) is 3. The zero-order valence-electron chi connectivity index (χ0n) is 8.93. The molecule has 0 radical (unpaired) electrons. The minimum Gasteiger partial charge on any atom is -0.325 e. The lowest BCUT2D eigenvalue weighted by Gasteiger charge is -2.05. The van der Waals surface area contributed by atoms with Crippen LogP contribution in [0, 0.1) is 0 Å². The fraction of sp³-hybridized carbons (Fsp3) is 0.0833. The van der Waals surface area contributed by atoms with Gasteiger partial charge in [-0.25, -0.2) is 9.97 Å². The van der Waals surface area contributed by atoms with Crippen LogP contribution in [0.5, 0.6) is 0 Å². The molecule has 2 aromatic rings. The van der Waals surface area contributed by atoms with Crippen LogP contribution < -0.4 is 5.32 Å². The van der Waals surface area contributed by atoms with Crippen molar-refractivity contribution in [2.75, 3.05) is 11.2 Å². The van der Waals surface area contributed by atoms with Gasteiger partial charge in [-0.15, -0.1) is 11.6 Å². The molecule has 2 rings (SSSR count). The Hall–Kier alpha value is -1.94. The van der Waals surface area contributed by atoms with Crippen LogP contribution in [0.15, 0.2) is 43.0 Å². The van der Waals surface area contributed by atoms with E-state index in [2.05, 4.69) is 15.3 Å². The van der Waals surface area contributed by atoms with Gasteiger partial charge in [-0.2, -0.15) is 0 Å². The summed E-state index contributed by atoms with van der Waals surface area (Å²) >= 11 is 5.43. The van der Waals surface area contributed by atoms with Crippen molar-refractivity contribution in [3.05, 3.63) is 43.0 Å². The Kier molecular flexibility index (Phi) is 3.67. The van der Waals surface area contributed by atoms with Crippen molar-refractivity contribution in [1.29, 1.82) is 0 Å². The summed E-state index contributed by atoms with van der Waals surface area (Å²) in [6, 6.07) is 7.43. The highest BCUT2D eigenvalue weighted by Gasteiger charge is 2.02. The third-order valence-corrected chi connectivity index (χ3v) is 2.40. The smallest absolute Gasteiger partial charge is 0.239 e. The van der Waals surface area contributed by atoms with Gasteiger partial charge in [-0.1, -0.05) is 12.1 Å². The van der Waals surface area contributed by atoms with E-state index in [1.165, 1.54) is 6.33 Å². The van der Waals surface area contributed by atoms with Crippen LogP contribution >= 0.6 is 11.6 Å². The van der Waals surface area contributed by atoms with Crippen molar-refractivity contribution in [3.63, 3.8) is 0 Å². The molecule has 0 atom stereocenters. The molecule has 1 aromatic heterocycles. The molecular formula is C12H10ClN3O. The molecule has 0 aliphatic heterocycles. The standard InChI is InChI=1S/C12H10ClN3O/c13-5-12(17)16-11-3-1-2-9(4-11)10-6-14-8-15-7-10/h1-4,6-8H,5H2,(H,16,17). The van der Waals surface area contributed by atoms with E-state index in [1.807, 2.05) is 18.2 Å². The second-order valence-corrected chi connectivity index (χ2v) is 3.66. The predicted octanol–water partition coefficient (Wildman–Crippen LogP) is 2.32. The van der Waals surface area contributed by atoms with Gasteiger partial charge in [0, 0.05) is 23.6 Å². The van der Waals surface area contributed by atoms with Crippen molar-refractivity contribution in [2.45, 2.75) is 0 Å². The number of aromatic nitrogens is 2. The highest BCUT2D eigenvalue weighted by atomic mass is 35.5. The van der Waals surface area contributed by atoms with Gasteiger partial charge < -0.3 is 5.32 Å². The van der Waals surface area contributed by atoms with Crippen LogP contribution in [0.4, 0.5) is 5.69 Å². The number of carbonyl (C=O) groups is 1. The van der Waals surface area contributed by atoms with E-state index in [-0.39, 0.29) is 11.8 Å². The van der Waals surface area contributed by atoms with Gasteiger partial charge in [0.05, 0.1) is 0 Å². The van der Waals surface area contributed by atoms with Gasteiger partial charge in [-0.3, -0.25) is 4.79 Å². The number of halogens is 1. The maximum absolute atomic E-state index is 11.2. The van der Waals surface area contributed by atoms with Gasteiger partial charge in [0.1, 0.15) is 12.2 Å². The summed E-state index contributed by atoms with van der Waals surface area (Å²) in [5, 5.41) is 2.69. The molecule has 1 N–H and O–H groups in total. The van der Waals surface area contributed by atoms with E-state index in [4.69, 9.17) is 11.6 Å². The lowest BCUT2D eigenvalue weighted by atomic mass is 10.1. The van der Waals surface area contributed by atoms with Crippen LogP contribution in [0.1, 0.15) is 0 Å². The summed E-state index contributed by atoms with van der Waals surface area (Å²) in [7, 11) is 0. The summed E-state index contributed by atoms with van der Waals surface area (Å²) in [5.41, 5.74) is 2.55. The summed E-state index contributed by atoms with van der Waals surface area (Å²) < 4.78 is 0. The maximum atomic E-state index is 11.2. The topological polar surface area (TPSA) is 54.9 Å². The van der Waals surface area contributed by atoms with Gasteiger partial charge in [0.15, 0.2) is 0 Å². The molecule has 0 fully saturated rings. The molecule has 0 saturated heterocycles. The molecule has 0 aliphatic carbocycles. The van der Waals surface area contributed by atoms with Gasteiger partial charge >= 0.3 is 0 Å². The zero-order valence-corrected chi connectivity index (χ0v) is 9.69. The summed E-state index contributed by atoms with van der Waals surface area (Å²) in [6.45, 7) is 0. The van der Waals surface area contributed by atoms with Crippen LogP contribution in [-0.4, -0.2) is 21.8 Å². The first kappa shape index (κ1) is 11.5. The molecule has 4 nitrogen and oxygen atoms in total. The average Bonchev–Trinajstić information content (AvgIpc) is 2.40. The lowest BCUT2D eigenvalue weighted by molar-refractivity contribution is -0.113. The minimum absolute atomic E-state index is 0.0569. The Labute approximate surface area is 104 Å². The molecule has 0 saturated carbocycles. The quantitative estimate of drug-likeness (QED) is 0.847. The van der Waals surface area contributed by atoms with Crippen LogP contribution in [-0.2, 0) is 4.79 Å². The number of rotatable bonds is 3. The number of benzene rings is 1. The second kappa shape index (κ2) is 5.41. The number of anilines is 1. The molecule has 0 spiro atoms. The Morgan fingerprint density at radius 3 is 2.71 bits per heavy atom. The minimum atomic E-state index is -0.229. The molecule has 0 aliphatic rings.